The van der Waals surface area contributed by atoms with E-state index in [2.05, 4.69) is 24.1 Å². The van der Waals surface area contributed by atoms with Crippen LogP contribution in [0.1, 0.15) is 65.2 Å². The summed E-state index contributed by atoms with van der Waals surface area (Å²) in [6.45, 7) is 8.87. The first kappa shape index (κ1) is 15.8. The fourth-order valence-corrected chi connectivity index (χ4v) is 3.99. The summed E-state index contributed by atoms with van der Waals surface area (Å²) < 4.78 is 0. The van der Waals surface area contributed by atoms with Gasteiger partial charge in [0.2, 0.25) is 5.91 Å². The topological polar surface area (TPSA) is 32.3 Å². The Balaban J connectivity index is 1.76. The maximum Gasteiger partial charge on any atom is 0.222 e. The fraction of sp³-hybridized carbons (Fsp3) is 0.941. The highest BCUT2D eigenvalue weighted by Gasteiger charge is 2.32. The van der Waals surface area contributed by atoms with Crippen molar-refractivity contribution < 1.29 is 4.79 Å². The lowest BCUT2D eigenvalue weighted by Crippen LogP contribution is -2.45. The van der Waals surface area contributed by atoms with E-state index in [1.54, 1.807) is 0 Å². The molecule has 1 unspecified atom stereocenters. The van der Waals surface area contributed by atoms with Crippen LogP contribution in [-0.2, 0) is 4.79 Å². The van der Waals surface area contributed by atoms with E-state index in [4.69, 9.17) is 0 Å². The average Bonchev–Trinajstić information content (AvgIpc) is 2.46. The molecule has 0 aromatic heterocycles. The molecule has 116 valence electrons. The Bertz CT molecular complexity index is 308. The molecule has 0 saturated carbocycles. The number of carbonyl (C=O) groups is 1. The van der Waals surface area contributed by atoms with Gasteiger partial charge in [0, 0.05) is 19.5 Å². The smallest absolute Gasteiger partial charge is 0.222 e. The quantitative estimate of drug-likeness (QED) is 0.839. The Hall–Kier alpha value is -0.570. The van der Waals surface area contributed by atoms with Crippen molar-refractivity contribution in [3.05, 3.63) is 0 Å². The minimum Gasteiger partial charge on any atom is -0.342 e. The summed E-state index contributed by atoms with van der Waals surface area (Å²) in [4.78, 5) is 14.6. The zero-order chi connectivity index (χ0) is 14.4. The van der Waals surface area contributed by atoms with Crippen LogP contribution < -0.4 is 5.32 Å². The molecular formula is C17H32N2O. The Morgan fingerprint density at radius 3 is 2.80 bits per heavy atom. The van der Waals surface area contributed by atoms with E-state index in [1.165, 1.54) is 38.5 Å². The lowest BCUT2D eigenvalue weighted by molar-refractivity contribution is -0.135. The molecule has 2 saturated heterocycles. The molecule has 3 heteroatoms. The molecule has 2 aliphatic heterocycles. The van der Waals surface area contributed by atoms with E-state index >= 15 is 0 Å². The monoisotopic (exact) mass is 280 g/mol. The number of nitrogens with one attached hydrogen (secondary N) is 1. The predicted octanol–water partition coefficient (Wildman–Crippen LogP) is 3.20. The van der Waals surface area contributed by atoms with Crippen LogP contribution in [0, 0.1) is 11.3 Å². The number of hydrogen-bond acceptors (Lipinski definition) is 2. The van der Waals surface area contributed by atoms with Crippen LogP contribution in [0.15, 0.2) is 0 Å². The van der Waals surface area contributed by atoms with Gasteiger partial charge in [-0.1, -0.05) is 20.3 Å². The molecule has 3 nitrogen and oxygen atoms in total. The lowest BCUT2D eigenvalue weighted by atomic mass is 9.78. The third-order valence-corrected chi connectivity index (χ3v) is 5.21. The second-order valence-corrected chi connectivity index (χ2v) is 7.21. The van der Waals surface area contributed by atoms with Gasteiger partial charge in [-0.05, 0) is 62.9 Å². The fourth-order valence-electron chi connectivity index (χ4n) is 3.99. The van der Waals surface area contributed by atoms with Gasteiger partial charge in [0.1, 0.15) is 0 Å². The Labute approximate surface area is 124 Å². The van der Waals surface area contributed by atoms with E-state index < -0.39 is 0 Å². The summed E-state index contributed by atoms with van der Waals surface area (Å²) in [5.41, 5.74) is 0.372. The standard InChI is InChI=1S/C17H32N2O/c1-3-9-17(2)10-4-13-19(14-17)16(20)6-5-15-7-11-18-12-8-15/h15,18H,3-14H2,1-2H3. The number of hydrogen-bond donors (Lipinski definition) is 1. The van der Waals surface area contributed by atoms with Crippen molar-refractivity contribution in [2.24, 2.45) is 11.3 Å². The van der Waals surface area contributed by atoms with Gasteiger partial charge in [0.25, 0.3) is 0 Å². The Morgan fingerprint density at radius 2 is 2.10 bits per heavy atom. The molecule has 0 bridgehead atoms. The Kier molecular flexibility index (Phi) is 5.88. The van der Waals surface area contributed by atoms with Crippen LogP contribution in [0.4, 0.5) is 0 Å². The van der Waals surface area contributed by atoms with Gasteiger partial charge < -0.3 is 10.2 Å². The first-order valence-corrected chi connectivity index (χ1v) is 8.61. The number of rotatable bonds is 5. The minimum atomic E-state index is 0.372. The SMILES string of the molecule is CCCC1(C)CCCN(C(=O)CCC2CCNCC2)C1. The van der Waals surface area contributed by atoms with Crippen LogP contribution in [0.25, 0.3) is 0 Å². The highest BCUT2D eigenvalue weighted by molar-refractivity contribution is 5.76. The maximum absolute atomic E-state index is 12.4. The lowest BCUT2D eigenvalue weighted by Gasteiger charge is -2.41. The van der Waals surface area contributed by atoms with E-state index in [1.807, 2.05) is 0 Å². The largest absolute Gasteiger partial charge is 0.342 e. The van der Waals surface area contributed by atoms with Gasteiger partial charge in [-0.2, -0.15) is 0 Å². The number of likely N-dealkylation sites (tertiary alicyclic amines) is 1. The molecule has 1 amide bonds. The molecule has 0 spiro atoms. The van der Waals surface area contributed by atoms with E-state index in [0.717, 1.165) is 44.9 Å². The number of carbonyl (C=O) groups excluding carboxylic acids is 1. The Morgan fingerprint density at radius 1 is 1.35 bits per heavy atom. The zero-order valence-corrected chi connectivity index (χ0v) is 13.4. The third kappa shape index (κ3) is 4.47. The molecule has 0 aliphatic carbocycles. The molecule has 0 radical (unpaired) electrons. The molecule has 1 atom stereocenters. The van der Waals surface area contributed by atoms with Gasteiger partial charge >= 0.3 is 0 Å². The van der Waals surface area contributed by atoms with Crippen molar-refractivity contribution in [2.75, 3.05) is 26.2 Å². The summed E-state index contributed by atoms with van der Waals surface area (Å²) in [6.07, 6.45) is 9.34. The summed E-state index contributed by atoms with van der Waals surface area (Å²) in [5.74, 6) is 1.18. The zero-order valence-electron chi connectivity index (χ0n) is 13.4. The molecule has 2 fully saturated rings. The van der Waals surface area contributed by atoms with Crippen molar-refractivity contribution in [2.45, 2.75) is 65.2 Å². The molecule has 2 rings (SSSR count). The normalized spacial score (nSPS) is 28.6. The summed E-state index contributed by atoms with van der Waals surface area (Å²) >= 11 is 0. The molecule has 20 heavy (non-hydrogen) atoms. The van der Waals surface area contributed by atoms with Gasteiger partial charge in [-0.15, -0.1) is 0 Å². The van der Waals surface area contributed by atoms with Gasteiger partial charge in [-0.25, -0.2) is 0 Å². The minimum absolute atomic E-state index is 0.372. The number of amides is 1. The van der Waals surface area contributed by atoms with Crippen LogP contribution in [0.5, 0.6) is 0 Å². The second kappa shape index (κ2) is 7.44. The van der Waals surface area contributed by atoms with Gasteiger partial charge in [-0.3, -0.25) is 4.79 Å². The second-order valence-electron chi connectivity index (χ2n) is 7.21. The molecule has 2 aliphatic rings. The van der Waals surface area contributed by atoms with Crippen LogP contribution in [-0.4, -0.2) is 37.0 Å². The van der Waals surface area contributed by atoms with Crippen molar-refractivity contribution in [1.29, 1.82) is 0 Å². The van der Waals surface area contributed by atoms with E-state index in [-0.39, 0.29) is 0 Å². The van der Waals surface area contributed by atoms with Crippen LogP contribution in [0.2, 0.25) is 0 Å². The van der Waals surface area contributed by atoms with Crippen LogP contribution >= 0.6 is 0 Å². The first-order valence-electron chi connectivity index (χ1n) is 8.61. The number of nitrogens with zero attached hydrogens (tertiary/aromatic N) is 1. The molecule has 1 N–H and O–H groups in total. The highest BCUT2D eigenvalue weighted by atomic mass is 16.2. The van der Waals surface area contributed by atoms with E-state index in [9.17, 15) is 4.79 Å². The average molecular weight is 280 g/mol. The summed E-state index contributed by atoms with van der Waals surface area (Å²) in [5, 5.41) is 3.40. The van der Waals surface area contributed by atoms with Gasteiger partial charge in [0.05, 0.1) is 0 Å². The first-order chi connectivity index (χ1) is 9.63. The highest BCUT2D eigenvalue weighted by Crippen LogP contribution is 2.34. The van der Waals surface area contributed by atoms with Crippen molar-refractivity contribution in [3.63, 3.8) is 0 Å². The maximum atomic E-state index is 12.4. The van der Waals surface area contributed by atoms with Crippen molar-refractivity contribution >= 4 is 5.91 Å². The van der Waals surface area contributed by atoms with Gasteiger partial charge in [0.15, 0.2) is 0 Å². The molecule has 2 heterocycles. The van der Waals surface area contributed by atoms with Crippen molar-refractivity contribution in [1.82, 2.24) is 10.2 Å². The third-order valence-electron chi connectivity index (χ3n) is 5.21. The molecule has 0 aromatic carbocycles. The van der Waals surface area contributed by atoms with Crippen LogP contribution in [0.3, 0.4) is 0 Å². The van der Waals surface area contributed by atoms with Crippen molar-refractivity contribution in [3.8, 4) is 0 Å². The molecule has 0 aromatic rings. The molecular weight excluding hydrogens is 248 g/mol. The predicted molar refractivity (Wildman–Crippen MR) is 83.7 cm³/mol. The summed E-state index contributed by atoms with van der Waals surface area (Å²) in [6, 6.07) is 0. The van der Waals surface area contributed by atoms with E-state index in [0.29, 0.717) is 11.3 Å². The summed E-state index contributed by atoms with van der Waals surface area (Å²) in [7, 11) is 0. The number of piperidine rings is 2.